The van der Waals surface area contributed by atoms with Crippen LogP contribution in [0.4, 0.5) is 0 Å². The molecule has 0 saturated heterocycles. The number of rotatable bonds is 6. The van der Waals surface area contributed by atoms with Crippen molar-refractivity contribution >= 4 is 10.0 Å². The van der Waals surface area contributed by atoms with Gasteiger partial charge in [0.15, 0.2) is 0 Å². The quantitative estimate of drug-likeness (QED) is 0.831. The molecule has 0 aromatic heterocycles. The summed E-state index contributed by atoms with van der Waals surface area (Å²) in [4.78, 5) is 0. The lowest BCUT2D eigenvalue weighted by atomic mass is 10.2. The first-order valence-corrected chi connectivity index (χ1v) is 7.26. The first-order valence-electron chi connectivity index (χ1n) is 5.65. The maximum atomic E-state index is 12.0. The van der Waals surface area contributed by atoms with Gasteiger partial charge in [-0.3, -0.25) is 0 Å². The minimum absolute atomic E-state index is 0.0179. The molecule has 2 N–H and O–H groups in total. The average molecular weight is 256 g/mol. The molecule has 0 aliphatic heterocycles. The van der Waals surface area contributed by atoms with Gasteiger partial charge in [0.25, 0.3) is 0 Å². The molecule has 1 unspecified atom stereocenters. The Bertz CT molecular complexity index is 429. The Kier molecular flexibility index (Phi) is 5.11. The first-order chi connectivity index (χ1) is 7.92. The van der Waals surface area contributed by atoms with Crippen molar-refractivity contribution in [2.45, 2.75) is 25.1 Å². The second-order valence-corrected chi connectivity index (χ2v) is 6.41. The van der Waals surface area contributed by atoms with Gasteiger partial charge in [0.2, 0.25) is 10.0 Å². The first kappa shape index (κ1) is 14.2. The summed E-state index contributed by atoms with van der Waals surface area (Å²) in [6, 6.07) is 9.20. The molecule has 0 aliphatic carbocycles. The SMILES string of the molecule is CC(N)CCN(C)S(=O)(=O)Cc1ccccc1. The Morgan fingerprint density at radius 2 is 1.88 bits per heavy atom. The van der Waals surface area contributed by atoms with Gasteiger partial charge >= 0.3 is 0 Å². The van der Waals surface area contributed by atoms with E-state index in [0.717, 1.165) is 5.56 Å². The number of hydrogen-bond acceptors (Lipinski definition) is 3. The van der Waals surface area contributed by atoms with Gasteiger partial charge in [0.1, 0.15) is 0 Å². The number of sulfonamides is 1. The van der Waals surface area contributed by atoms with Crippen molar-refractivity contribution in [3.63, 3.8) is 0 Å². The summed E-state index contributed by atoms with van der Waals surface area (Å²) >= 11 is 0. The molecule has 1 aromatic rings. The molecule has 0 aliphatic rings. The molecule has 0 spiro atoms. The van der Waals surface area contributed by atoms with Gasteiger partial charge in [-0.1, -0.05) is 30.3 Å². The van der Waals surface area contributed by atoms with Crippen LogP contribution < -0.4 is 5.73 Å². The van der Waals surface area contributed by atoms with Crippen LogP contribution in [-0.2, 0) is 15.8 Å². The molecule has 17 heavy (non-hydrogen) atoms. The van der Waals surface area contributed by atoms with Crippen LogP contribution in [0.15, 0.2) is 30.3 Å². The van der Waals surface area contributed by atoms with Crippen LogP contribution in [0.5, 0.6) is 0 Å². The summed E-state index contributed by atoms with van der Waals surface area (Å²) in [5, 5.41) is 0. The smallest absolute Gasteiger partial charge is 0.218 e. The van der Waals surface area contributed by atoms with Crippen molar-refractivity contribution in [2.75, 3.05) is 13.6 Å². The summed E-state index contributed by atoms with van der Waals surface area (Å²) in [6.45, 7) is 2.34. The second-order valence-electron chi connectivity index (χ2n) is 4.33. The zero-order chi connectivity index (χ0) is 12.9. The molecule has 0 radical (unpaired) electrons. The number of benzene rings is 1. The van der Waals surface area contributed by atoms with E-state index in [9.17, 15) is 8.42 Å². The fraction of sp³-hybridized carbons (Fsp3) is 0.500. The predicted molar refractivity (Wildman–Crippen MR) is 70.0 cm³/mol. The van der Waals surface area contributed by atoms with E-state index in [4.69, 9.17) is 5.73 Å². The van der Waals surface area contributed by atoms with Crippen LogP contribution in [0.1, 0.15) is 18.9 Å². The monoisotopic (exact) mass is 256 g/mol. The Balaban J connectivity index is 2.62. The molecule has 5 heteroatoms. The zero-order valence-corrected chi connectivity index (χ0v) is 11.2. The molecule has 0 fully saturated rings. The summed E-state index contributed by atoms with van der Waals surface area (Å²) in [5.41, 5.74) is 6.42. The molecule has 0 heterocycles. The minimum atomic E-state index is -3.23. The fourth-order valence-corrected chi connectivity index (χ4v) is 2.64. The molecule has 96 valence electrons. The highest BCUT2D eigenvalue weighted by molar-refractivity contribution is 7.88. The van der Waals surface area contributed by atoms with Crippen LogP contribution in [0, 0.1) is 0 Å². The van der Waals surface area contributed by atoms with Crippen molar-refractivity contribution in [3.8, 4) is 0 Å². The molecule has 1 atom stereocenters. The molecule has 0 amide bonds. The van der Waals surface area contributed by atoms with Crippen molar-refractivity contribution in [2.24, 2.45) is 5.73 Å². The van der Waals surface area contributed by atoms with Crippen molar-refractivity contribution in [1.29, 1.82) is 0 Å². The molecule has 0 saturated carbocycles. The molecular formula is C12H20N2O2S. The molecule has 1 rings (SSSR count). The zero-order valence-electron chi connectivity index (χ0n) is 10.3. The lowest BCUT2D eigenvalue weighted by molar-refractivity contribution is 0.446. The molecular weight excluding hydrogens is 236 g/mol. The summed E-state index contributed by atoms with van der Waals surface area (Å²) in [7, 11) is -1.63. The highest BCUT2D eigenvalue weighted by Crippen LogP contribution is 2.09. The minimum Gasteiger partial charge on any atom is -0.328 e. The van der Waals surface area contributed by atoms with E-state index >= 15 is 0 Å². The van der Waals surface area contributed by atoms with E-state index in [1.54, 1.807) is 7.05 Å². The third-order valence-corrected chi connectivity index (χ3v) is 4.40. The van der Waals surface area contributed by atoms with Gasteiger partial charge < -0.3 is 5.73 Å². The Labute approximate surface area is 103 Å². The van der Waals surface area contributed by atoms with Crippen LogP contribution in [0.2, 0.25) is 0 Å². The van der Waals surface area contributed by atoms with E-state index in [-0.39, 0.29) is 11.8 Å². The standard InChI is InChI=1S/C12H20N2O2S/c1-11(13)8-9-14(2)17(15,16)10-12-6-4-3-5-7-12/h3-7,11H,8-10,13H2,1-2H3. The maximum absolute atomic E-state index is 12.0. The lowest BCUT2D eigenvalue weighted by Crippen LogP contribution is -2.32. The Morgan fingerprint density at radius 1 is 1.29 bits per heavy atom. The van der Waals surface area contributed by atoms with E-state index in [2.05, 4.69) is 0 Å². The van der Waals surface area contributed by atoms with Gasteiger partial charge in [-0.15, -0.1) is 0 Å². The topological polar surface area (TPSA) is 63.4 Å². The van der Waals surface area contributed by atoms with Crippen molar-refractivity contribution in [3.05, 3.63) is 35.9 Å². The number of hydrogen-bond donors (Lipinski definition) is 1. The van der Waals surface area contributed by atoms with Crippen LogP contribution in [0.25, 0.3) is 0 Å². The van der Waals surface area contributed by atoms with Gasteiger partial charge in [-0.2, -0.15) is 0 Å². The Hall–Kier alpha value is -0.910. The van der Waals surface area contributed by atoms with Crippen molar-refractivity contribution in [1.82, 2.24) is 4.31 Å². The molecule has 0 bridgehead atoms. The summed E-state index contributed by atoms with van der Waals surface area (Å²) in [5.74, 6) is 0.0449. The van der Waals surface area contributed by atoms with Gasteiger partial charge in [0, 0.05) is 19.6 Å². The van der Waals surface area contributed by atoms with Gasteiger partial charge in [0.05, 0.1) is 5.75 Å². The highest BCUT2D eigenvalue weighted by atomic mass is 32.2. The van der Waals surface area contributed by atoms with Gasteiger partial charge in [-0.05, 0) is 18.9 Å². The van der Waals surface area contributed by atoms with E-state index in [0.29, 0.717) is 13.0 Å². The fourth-order valence-electron chi connectivity index (χ4n) is 1.42. The van der Waals surface area contributed by atoms with Gasteiger partial charge in [-0.25, -0.2) is 12.7 Å². The average Bonchev–Trinajstić information content (AvgIpc) is 2.26. The largest absolute Gasteiger partial charge is 0.328 e. The highest BCUT2D eigenvalue weighted by Gasteiger charge is 2.18. The van der Waals surface area contributed by atoms with Crippen molar-refractivity contribution < 1.29 is 8.42 Å². The normalized spacial score (nSPS) is 13.9. The number of nitrogens with two attached hydrogens (primary N) is 1. The summed E-state index contributed by atoms with van der Waals surface area (Å²) in [6.07, 6.45) is 0.671. The number of nitrogens with zero attached hydrogens (tertiary/aromatic N) is 1. The third kappa shape index (κ3) is 4.85. The molecule has 4 nitrogen and oxygen atoms in total. The van der Waals surface area contributed by atoms with E-state index in [1.165, 1.54) is 4.31 Å². The van der Waals surface area contributed by atoms with Crippen LogP contribution in [-0.4, -0.2) is 32.4 Å². The third-order valence-electron chi connectivity index (χ3n) is 2.57. The predicted octanol–water partition coefficient (Wildman–Crippen LogP) is 1.19. The van der Waals surface area contributed by atoms with E-state index in [1.807, 2.05) is 37.3 Å². The summed E-state index contributed by atoms with van der Waals surface area (Å²) < 4.78 is 25.4. The van der Waals surface area contributed by atoms with E-state index < -0.39 is 10.0 Å². The lowest BCUT2D eigenvalue weighted by Gasteiger charge is -2.18. The molecule has 1 aromatic carbocycles. The maximum Gasteiger partial charge on any atom is 0.218 e. The second kappa shape index (κ2) is 6.14. The Morgan fingerprint density at radius 3 is 2.41 bits per heavy atom. The van der Waals surface area contributed by atoms with Crippen LogP contribution >= 0.6 is 0 Å². The van der Waals surface area contributed by atoms with Crippen LogP contribution in [0.3, 0.4) is 0 Å².